The van der Waals surface area contributed by atoms with Crippen molar-refractivity contribution in [1.29, 1.82) is 0 Å². The molecule has 1 fully saturated rings. The molecular weight excluding hydrogens is 481 g/mol. The molecule has 4 rings (SSSR count). The Labute approximate surface area is 208 Å². The van der Waals surface area contributed by atoms with Gasteiger partial charge in [0.05, 0.1) is 12.1 Å². The van der Waals surface area contributed by atoms with Gasteiger partial charge < -0.3 is 15.1 Å². The van der Waals surface area contributed by atoms with E-state index in [1.807, 2.05) is 0 Å². The summed E-state index contributed by atoms with van der Waals surface area (Å²) in [4.78, 5) is 25.8. The summed E-state index contributed by atoms with van der Waals surface area (Å²) < 4.78 is 0. The Morgan fingerprint density at radius 1 is 0.970 bits per heavy atom. The Morgan fingerprint density at radius 3 is 2.30 bits per heavy atom. The molecule has 3 aromatic rings. The van der Waals surface area contributed by atoms with E-state index in [2.05, 4.69) is 56.4 Å². The summed E-state index contributed by atoms with van der Waals surface area (Å²) in [5.74, 6) is 0.155. The van der Waals surface area contributed by atoms with Gasteiger partial charge in [-0.05, 0) is 42.4 Å². The van der Waals surface area contributed by atoms with Crippen LogP contribution in [-0.2, 0) is 17.6 Å². The van der Waals surface area contributed by atoms with Crippen molar-refractivity contribution in [1.82, 2.24) is 14.9 Å². The Morgan fingerprint density at radius 2 is 1.64 bits per heavy atom. The van der Waals surface area contributed by atoms with E-state index in [0.717, 1.165) is 37.4 Å². The fourth-order valence-corrected chi connectivity index (χ4v) is 4.70. The number of anilines is 2. The number of hydrogen-bond acceptors (Lipinski definition) is 5. The number of carbonyl (C=O) groups excluding carboxylic acids is 1. The first kappa shape index (κ1) is 23.8. The molecule has 0 unspecified atom stereocenters. The summed E-state index contributed by atoms with van der Waals surface area (Å²) in [5, 5.41) is 3.92. The van der Waals surface area contributed by atoms with Crippen molar-refractivity contribution in [2.75, 3.05) is 43.4 Å². The molecule has 0 saturated carbocycles. The summed E-state index contributed by atoms with van der Waals surface area (Å²) in [5.41, 5.74) is 3.72. The Balaban J connectivity index is 1.37. The van der Waals surface area contributed by atoms with Gasteiger partial charge in [-0.3, -0.25) is 4.79 Å². The topological polar surface area (TPSA) is 61.4 Å². The van der Waals surface area contributed by atoms with Crippen LogP contribution in [0.5, 0.6) is 0 Å². The quantitative estimate of drug-likeness (QED) is 0.514. The average Bonchev–Trinajstić information content (AvgIpc) is 2.78. The predicted octanol–water partition coefficient (Wildman–Crippen LogP) is 4.96. The molecule has 172 valence electrons. The number of halogens is 3. The zero-order chi connectivity index (χ0) is 23.4. The molecule has 1 saturated heterocycles. The number of likely N-dealkylation sites (N-methyl/N-ethyl adjacent to an activating group) is 1. The zero-order valence-corrected chi connectivity index (χ0v) is 20.5. The molecule has 0 spiro atoms. The number of benzene rings is 2. The second-order valence-electron chi connectivity index (χ2n) is 8.10. The van der Waals surface area contributed by atoms with Crippen LogP contribution in [0.1, 0.15) is 16.8 Å². The van der Waals surface area contributed by atoms with Crippen LogP contribution in [0.4, 0.5) is 11.5 Å². The summed E-state index contributed by atoms with van der Waals surface area (Å²) in [6.45, 7) is 4.23. The standard InChI is InChI=1S/C24H24Cl3N5O/c1-31-6-8-32(9-7-31)19-4-2-16(3-5-19)10-18-13-23(29-15-28-18)30-24(33)14-20-21(26)11-17(25)12-22(20)27/h2-5,11-13,15H,6-10,14H2,1H3,(H,28,29,30,33). The number of nitrogens with zero attached hydrogens (tertiary/aromatic N) is 4. The molecule has 0 bridgehead atoms. The van der Waals surface area contributed by atoms with Crippen molar-refractivity contribution >= 4 is 52.2 Å². The van der Waals surface area contributed by atoms with Gasteiger partial charge in [0.25, 0.3) is 0 Å². The maximum atomic E-state index is 12.5. The van der Waals surface area contributed by atoms with Gasteiger partial charge in [0.2, 0.25) is 5.91 Å². The molecule has 33 heavy (non-hydrogen) atoms. The van der Waals surface area contributed by atoms with E-state index in [1.165, 1.54) is 12.0 Å². The van der Waals surface area contributed by atoms with Gasteiger partial charge in [0.15, 0.2) is 0 Å². The van der Waals surface area contributed by atoms with Gasteiger partial charge in [-0.1, -0.05) is 46.9 Å². The van der Waals surface area contributed by atoms with Crippen LogP contribution in [0, 0.1) is 0 Å². The number of rotatable bonds is 6. The fraction of sp³-hybridized carbons (Fsp3) is 0.292. The third-order valence-corrected chi connectivity index (χ3v) is 6.52. The van der Waals surface area contributed by atoms with Crippen LogP contribution in [0.15, 0.2) is 48.8 Å². The van der Waals surface area contributed by atoms with E-state index >= 15 is 0 Å². The minimum atomic E-state index is -0.276. The summed E-state index contributed by atoms with van der Waals surface area (Å²) in [6.07, 6.45) is 2.11. The fourth-order valence-electron chi connectivity index (χ4n) is 3.75. The van der Waals surface area contributed by atoms with E-state index in [0.29, 0.717) is 32.9 Å². The average molecular weight is 505 g/mol. The minimum Gasteiger partial charge on any atom is -0.369 e. The second kappa shape index (κ2) is 10.7. The van der Waals surface area contributed by atoms with Crippen LogP contribution in [-0.4, -0.2) is 54.0 Å². The van der Waals surface area contributed by atoms with E-state index < -0.39 is 0 Å². The Hall–Kier alpha value is -2.38. The van der Waals surface area contributed by atoms with Crippen molar-refractivity contribution in [3.8, 4) is 0 Å². The number of amides is 1. The smallest absolute Gasteiger partial charge is 0.230 e. The summed E-state index contributed by atoms with van der Waals surface area (Å²) >= 11 is 18.3. The largest absolute Gasteiger partial charge is 0.369 e. The van der Waals surface area contributed by atoms with Gasteiger partial charge in [-0.15, -0.1) is 0 Å². The monoisotopic (exact) mass is 503 g/mol. The molecule has 0 atom stereocenters. The van der Waals surface area contributed by atoms with Crippen LogP contribution in [0.3, 0.4) is 0 Å². The van der Waals surface area contributed by atoms with Gasteiger partial charge in [-0.25, -0.2) is 9.97 Å². The molecule has 0 radical (unpaired) electrons. The van der Waals surface area contributed by atoms with Crippen LogP contribution in [0.25, 0.3) is 0 Å². The molecular formula is C24H24Cl3N5O. The number of piperazine rings is 1. The van der Waals surface area contributed by atoms with Crippen LogP contribution >= 0.6 is 34.8 Å². The van der Waals surface area contributed by atoms with Crippen molar-refractivity contribution < 1.29 is 4.79 Å². The lowest BCUT2D eigenvalue weighted by Crippen LogP contribution is -2.44. The molecule has 1 amide bonds. The molecule has 0 aliphatic carbocycles. The Kier molecular flexibility index (Phi) is 7.71. The molecule has 6 nitrogen and oxygen atoms in total. The minimum absolute atomic E-state index is 0.0158. The van der Waals surface area contributed by atoms with Crippen molar-refractivity contribution in [3.63, 3.8) is 0 Å². The van der Waals surface area contributed by atoms with Crippen LogP contribution in [0.2, 0.25) is 15.1 Å². The van der Waals surface area contributed by atoms with E-state index in [4.69, 9.17) is 34.8 Å². The van der Waals surface area contributed by atoms with Gasteiger partial charge in [0.1, 0.15) is 12.1 Å². The third kappa shape index (κ3) is 6.36. The molecule has 1 aromatic heterocycles. The number of nitrogens with one attached hydrogen (secondary N) is 1. The van der Waals surface area contributed by atoms with E-state index in [9.17, 15) is 4.79 Å². The normalized spacial score (nSPS) is 14.4. The number of carbonyl (C=O) groups is 1. The van der Waals surface area contributed by atoms with Gasteiger partial charge in [0, 0.05) is 59.4 Å². The molecule has 1 N–H and O–H groups in total. The van der Waals surface area contributed by atoms with E-state index in [-0.39, 0.29) is 12.3 Å². The zero-order valence-electron chi connectivity index (χ0n) is 18.2. The molecule has 2 aromatic carbocycles. The van der Waals surface area contributed by atoms with Crippen molar-refractivity contribution in [2.24, 2.45) is 0 Å². The number of aromatic nitrogens is 2. The Bertz CT molecular complexity index is 1110. The highest BCUT2D eigenvalue weighted by molar-refractivity contribution is 6.39. The van der Waals surface area contributed by atoms with Crippen LogP contribution < -0.4 is 10.2 Å². The van der Waals surface area contributed by atoms with Gasteiger partial charge >= 0.3 is 0 Å². The summed E-state index contributed by atoms with van der Waals surface area (Å²) in [7, 11) is 2.15. The predicted molar refractivity (Wildman–Crippen MR) is 135 cm³/mol. The molecule has 1 aliphatic rings. The first-order valence-electron chi connectivity index (χ1n) is 10.6. The van der Waals surface area contributed by atoms with Crippen molar-refractivity contribution in [2.45, 2.75) is 12.8 Å². The molecule has 2 heterocycles. The highest BCUT2D eigenvalue weighted by Gasteiger charge is 2.15. The van der Waals surface area contributed by atoms with E-state index in [1.54, 1.807) is 18.2 Å². The molecule has 9 heteroatoms. The third-order valence-electron chi connectivity index (χ3n) is 5.62. The SMILES string of the molecule is CN1CCN(c2ccc(Cc3cc(NC(=O)Cc4c(Cl)cc(Cl)cc4Cl)ncn3)cc2)CC1. The molecule has 1 aliphatic heterocycles. The lowest BCUT2D eigenvalue weighted by molar-refractivity contribution is -0.115. The number of hydrogen-bond donors (Lipinski definition) is 1. The van der Waals surface area contributed by atoms with Crippen molar-refractivity contribution in [3.05, 3.63) is 80.7 Å². The first-order valence-corrected chi connectivity index (χ1v) is 11.8. The lowest BCUT2D eigenvalue weighted by Gasteiger charge is -2.34. The first-order chi connectivity index (χ1) is 15.9. The highest BCUT2D eigenvalue weighted by atomic mass is 35.5. The maximum Gasteiger partial charge on any atom is 0.230 e. The second-order valence-corrected chi connectivity index (χ2v) is 9.35. The highest BCUT2D eigenvalue weighted by Crippen LogP contribution is 2.29. The lowest BCUT2D eigenvalue weighted by atomic mass is 10.1. The van der Waals surface area contributed by atoms with Gasteiger partial charge in [-0.2, -0.15) is 0 Å². The summed E-state index contributed by atoms with van der Waals surface area (Å²) in [6, 6.07) is 13.5. The maximum absolute atomic E-state index is 12.5.